The molecule has 4 heteroatoms. The highest BCUT2D eigenvalue weighted by molar-refractivity contribution is 6.41. The van der Waals surface area contributed by atoms with Gasteiger partial charge >= 0.3 is 5.97 Å². The predicted molar refractivity (Wildman–Crippen MR) is 72.3 cm³/mol. The molecule has 0 radical (unpaired) electrons. The summed E-state index contributed by atoms with van der Waals surface area (Å²) < 4.78 is 4.80. The number of benzene rings is 1. The topological polar surface area (TPSA) is 46.6 Å². The fourth-order valence-electron chi connectivity index (χ4n) is 2.56. The van der Waals surface area contributed by atoms with E-state index in [1.165, 1.54) is 0 Å². The Bertz CT molecular complexity index is 484. The minimum Gasteiger partial charge on any atom is -0.460 e. The molecule has 4 nitrogen and oxygen atoms in total. The summed E-state index contributed by atoms with van der Waals surface area (Å²) >= 11 is 0. The van der Waals surface area contributed by atoms with Crippen molar-refractivity contribution < 1.29 is 14.3 Å². The molecule has 0 aliphatic carbocycles. The first-order chi connectivity index (χ1) is 9.13. The third kappa shape index (κ3) is 3.01. The molecule has 1 heterocycles. The van der Waals surface area contributed by atoms with Gasteiger partial charge < -0.3 is 9.64 Å². The number of carbonyl (C=O) groups excluding carboxylic acids is 2. The highest BCUT2D eigenvalue weighted by Gasteiger charge is 2.27. The van der Waals surface area contributed by atoms with E-state index < -0.39 is 11.8 Å². The van der Waals surface area contributed by atoms with Crippen LogP contribution in [0.1, 0.15) is 35.2 Å². The average Bonchev–Trinajstić information content (AvgIpc) is 2.85. The predicted octanol–water partition coefficient (Wildman–Crippen LogP) is 1.85. The van der Waals surface area contributed by atoms with Gasteiger partial charge in [-0.1, -0.05) is 24.3 Å². The Morgan fingerprint density at radius 1 is 1.37 bits per heavy atom. The fourth-order valence-corrected chi connectivity index (χ4v) is 2.56. The van der Waals surface area contributed by atoms with Crippen molar-refractivity contribution in [3.8, 4) is 0 Å². The van der Waals surface area contributed by atoms with Gasteiger partial charge in [-0.05, 0) is 38.4 Å². The number of hydrogen-bond acceptors (Lipinski definition) is 4. The normalized spacial score (nSPS) is 19.4. The molecule has 1 atom stereocenters. The number of Topliss-reactive ketones (excluding diaryl/α,β-unsaturated/α-hetero) is 1. The van der Waals surface area contributed by atoms with E-state index in [4.69, 9.17) is 4.74 Å². The van der Waals surface area contributed by atoms with Crippen LogP contribution in [0.4, 0.5) is 0 Å². The number of esters is 1. The minimum atomic E-state index is -0.763. The van der Waals surface area contributed by atoms with Crippen LogP contribution in [0.15, 0.2) is 24.3 Å². The van der Waals surface area contributed by atoms with E-state index in [1.54, 1.807) is 19.1 Å². The molecule has 1 aliphatic heterocycles. The van der Waals surface area contributed by atoms with E-state index in [-0.39, 0.29) is 6.61 Å². The molecule has 0 bridgehead atoms. The first-order valence-corrected chi connectivity index (χ1v) is 6.62. The lowest BCUT2D eigenvalue weighted by molar-refractivity contribution is -0.137. The minimum absolute atomic E-state index is 0.221. The molecule has 102 valence electrons. The lowest BCUT2D eigenvalue weighted by Crippen LogP contribution is -2.20. The van der Waals surface area contributed by atoms with Crippen molar-refractivity contribution in [2.45, 2.75) is 19.3 Å². The highest BCUT2D eigenvalue weighted by Crippen LogP contribution is 2.29. The summed E-state index contributed by atoms with van der Waals surface area (Å²) in [5.74, 6) is -0.979. The SMILES string of the molecule is CCOC(=O)C(=O)c1ccccc1C1CCN(C)C1. The Kier molecular flexibility index (Phi) is 4.32. The van der Waals surface area contributed by atoms with Gasteiger partial charge in [0.25, 0.3) is 5.78 Å². The number of nitrogens with zero attached hydrogens (tertiary/aromatic N) is 1. The van der Waals surface area contributed by atoms with Gasteiger partial charge in [0.2, 0.25) is 0 Å². The summed E-state index contributed by atoms with van der Waals surface area (Å²) in [6, 6.07) is 7.35. The monoisotopic (exact) mass is 261 g/mol. The smallest absolute Gasteiger partial charge is 0.379 e. The second-order valence-corrected chi connectivity index (χ2v) is 4.88. The Morgan fingerprint density at radius 2 is 2.11 bits per heavy atom. The van der Waals surface area contributed by atoms with Crippen molar-refractivity contribution in [2.75, 3.05) is 26.7 Å². The van der Waals surface area contributed by atoms with Crippen LogP contribution in [0.3, 0.4) is 0 Å². The summed E-state index contributed by atoms with van der Waals surface area (Å²) in [6.07, 6.45) is 1.02. The highest BCUT2D eigenvalue weighted by atomic mass is 16.5. The van der Waals surface area contributed by atoms with Crippen LogP contribution >= 0.6 is 0 Å². The summed E-state index contributed by atoms with van der Waals surface area (Å²) in [6.45, 7) is 3.86. The number of hydrogen-bond donors (Lipinski definition) is 0. The van der Waals surface area contributed by atoms with Crippen molar-refractivity contribution in [3.63, 3.8) is 0 Å². The van der Waals surface area contributed by atoms with Crippen LogP contribution in [-0.4, -0.2) is 43.4 Å². The van der Waals surface area contributed by atoms with Crippen LogP contribution in [0, 0.1) is 0 Å². The van der Waals surface area contributed by atoms with Crippen molar-refractivity contribution in [1.29, 1.82) is 0 Å². The lowest BCUT2D eigenvalue weighted by atomic mass is 9.91. The Hall–Kier alpha value is -1.68. The maximum Gasteiger partial charge on any atom is 0.379 e. The molecular weight excluding hydrogens is 242 g/mol. The summed E-state index contributed by atoms with van der Waals surface area (Å²) in [5, 5.41) is 0. The number of ether oxygens (including phenoxy) is 1. The zero-order valence-corrected chi connectivity index (χ0v) is 11.4. The van der Waals surface area contributed by atoms with Crippen LogP contribution in [-0.2, 0) is 9.53 Å². The van der Waals surface area contributed by atoms with Crippen LogP contribution in [0.2, 0.25) is 0 Å². The molecule has 1 saturated heterocycles. The third-order valence-electron chi connectivity index (χ3n) is 3.50. The lowest BCUT2D eigenvalue weighted by Gasteiger charge is -2.14. The van der Waals surface area contributed by atoms with E-state index in [0.29, 0.717) is 11.5 Å². The van der Waals surface area contributed by atoms with Gasteiger partial charge in [-0.15, -0.1) is 0 Å². The maximum atomic E-state index is 12.1. The van der Waals surface area contributed by atoms with Crippen molar-refractivity contribution in [2.24, 2.45) is 0 Å². The Balaban J connectivity index is 2.26. The van der Waals surface area contributed by atoms with Crippen molar-refractivity contribution in [1.82, 2.24) is 4.90 Å². The zero-order valence-electron chi connectivity index (χ0n) is 11.4. The molecular formula is C15H19NO3. The van der Waals surface area contributed by atoms with Crippen LogP contribution < -0.4 is 0 Å². The largest absolute Gasteiger partial charge is 0.460 e. The van der Waals surface area contributed by atoms with Gasteiger partial charge in [0, 0.05) is 12.1 Å². The van der Waals surface area contributed by atoms with Crippen LogP contribution in [0.25, 0.3) is 0 Å². The second kappa shape index (κ2) is 5.97. The van der Waals surface area contributed by atoms with E-state index in [2.05, 4.69) is 11.9 Å². The van der Waals surface area contributed by atoms with Gasteiger partial charge in [0.05, 0.1) is 6.61 Å². The molecule has 19 heavy (non-hydrogen) atoms. The molecule has 1 aliphatic rings. The number of carbonyl (C=O) groups is 2. The Morgan fingerprint density at radius 3 is 2.74 bits per heavy atom. The number of rotatable bonds is 4. The number of likely N-dealkylation sites (tertiary alicyclic amines) is 1. The third-order valence-corrected chi connectivity index (χ3v) is 3.50. The van der Waals surface area contributed by atoms with Gasteiger partial charge in [-0.3, -0.25) is 4.79 Å². The molecule has 1 aromatic rings. The first kappa shape index (κ1) is 13.7. The molecule has 2 rings (SSSR count). The fraction of sp³-hybridized carbons (Fsp3) is 0.467. The quantitative estimate of drug-likeness (QED) is 0.471. The second-order valence-electron chi connectivity index (χ2n) is 4.88. The number of ketones is 1. The standard InChI is InChI=1S/C15H19NO3/c1-3-19-15(18)14(17)13-7-5-4-6-12(13)11-8-9-16(2)10-11/h4-7,11H,3,8-10H2,1-2H3. The molecule has 1 aromatic carbocycles. The van der Waals surface area contributed by atoms with E-state index >= 15 is 0 Å². The molecule has 0 aromatic heterocycles. The van der Waals surface area contributed by atoms with Gasteiger partial charge in [-0.25, -0.2) is 4.79 Å². The molecule has 0 N–H and O–H groups in total. The summed E-state index contributed by atoms with van der Waals surface area (Å²) in [4.78, 5) is 25.9. The van der Waals surface area contributed by atoms with Crippen molar-refractivity contribution >= 4 is 11.8 Å². The van der Waals surface area contributed by atoms with Gasteiger partial charge in [0.15, 0.2) is 0 Å². The van der Waals surface area contributed by atoms with Crippen LogP contribution in [0.5, 0.6) is 0 Å². The molecule has 0 amide bonds. The average molecular weight is 261 g/mol. The number of likely N-dealkylation sites (N-methyl/N-ethyl adjacent to an activating group) is 1. The zero-order chi connectivity index (χ0) is 13.8. The van der Waals surface area contributed by atoms with E-state index in [9.17, 15) is 9.59 Å². The summed E-state index contributed by atoms with van der Waals surface area (Å²) in [7, 11) is 2.07. The first-order valence-electron chi connectivity index (χ1n) is 6.62. The van der Waals surface area contributed by atoms with Gasteiger partial charge in [-0.2, -0.15) is 0 Å². The van der Waals surface area contributed by atoms with E-state index in [1.807, 2.05) is 12.1 Å². The van der Waals surface area contributed by atoms with Gasteiger partial charge in [0.1, 0.15) is 0 Å². The molecule has 0 spiro atoms. The van der Waals surface area contributed by atoms with E-state index in [0.717, 1.165) is 25.1 Å². The molecule has 1 fully saturated rings. The molecule has 0 saturated carbocycles. The Labute approximate surface area is 113 Å². The maximum absolute atomic E-state index is 12.1. The molecule has 1 unspecified atom stereocenters. The van der Waals surface area contributed by atoms with Crippen molar-refractivity contribution in [3.05, 3.63) is 35.4 Å². The summed E-state index contributed by atoms with van der Waals surface area (Å²) in [5.41, 5.74) is 1.45.